The predicted molar refractivity (Wildman–Crippen MR) is 167 cm³/mol. The Bertz CT molecular complexity index is 1860. The molecule has 2 aliphatic rings. The van der Waals surface area contributed by atoms with Gasteiger partial charge in [0.25, 0.3) is 5.91 Å². The smallest absolute Gasteiger partial charge is 0.282 e. The first-order valence-electron chi connectivity index (χ1n) is 14.5. The van der Waals surface area contributed by atoms with Crippen LogP contribution in [0.25, 0.3) is 32.1 Å². The molecule has 2 aliphatic heterocycles. The fourth-order valence-corrected chi connectivity index (χ4v) is 7.17. The fraction of sp³-hybridized carbons (Fsp3) is 0.333. The Labute approximate surface area is 258 Å². The Morgan fingerprint density at radius 3 is 2.70 bits per heavy atom. The van der Waals surface area contributed by atoms with Crippen molar-refractivity contribution in [3.8, 4) is 29.1 Å². The van der Waals surface area contributed by atoms with Crippen molar-refractivity contribution in [2.75, 3.05) is 44.7 Å². The summed E-state index contributed by atoms with van der Waals surface area (Å²) in [7, 11) is 2.02. The highest BCUT2D eigenvalue weighted by Gasteiger charge is 2.35. The second kappa shape index (κ2) is 12.2. The van der Waals surface area contributed by atoms with Gasteiger partial charge in [-0.25, -0.2) is 13.8 Å². The van der Waals surface area contributed by atoms with Crippen LogP contribution in [-0.2, 0) is 4.79 Å². The fourth-order valence-electron chi connectivity index (χ4n) is 6.36. The Morgan fingerprint density at radius 1 is 1.14 bits per heavy atom. The number of carbonyl (C=O) groups is 1. The highest BCUT2D eigenvalue weighted by molar-refractivity contribution is 7.17. The van der Waals surface area contributed by atoms with Crippen molar-refractivity contribution in [2.24, 2.45) is 0 Å². The molecule has 0 N–H and O–H groups in total. The largest absolute Gasteiger partial charge is 0.475 e. The first-order valence-corrected chi connectivity index (χ1v) is 15.3. The summed E-state index contributed by atoms with van der Waals surface area (Å²) in [5.74, 6) is -2.47. The predicted octanol–water partition coefficient (Wildman–Crippen LogP) is 6.01. The van der Waals surface area contributed by atoms with Gasteiger partial charge in [0.1, 0.15) is 23.8 Å². The lowest BCUT2D eigenvalue weighted by Gasteiger charge is -2.42. The van der Waals surface area contributed by atoms with E-state index in [1.165, 1.54) is 4.90 Å². The zero-order valence-corrected chi connectivity index (χ0v) is 25.0. The molecule has 1 amide bonds. The maximum absolute atomic E-state index is 16.6. The average molecular weight is 613 g/mol. The number of halogens is 2. The van der Waals surface area contributed by atoms with E-state index in [0.717, 1.165) is 35.0 Å². The van der Waals surface area contributed by atoms with Crippen LogP contribution < -0.4 is 9.64 Å². The molecule has 6 rings (SSSR count). The molecule has 11 heteroatoms. The minimum Gasteiger partial charge on any atom is -0.475 e. The van der Waals surface area contributed by atoms with Crippen LogP contribution in [0.1, 0.15) is 24.8 Å². The number of piperazine rings is 1. The van der Waals surface area contributed by atoms with E-state index in [1.807, 2.05) is 41.6 Å². The minimum absolute atomic E-state index is 0.0348. The number of benzene rings is 2. The van der Waals surface area contributed by atoms with Gasteiger partial charge in [0.2, 0.25) is 5.88 Å². The molecule has 0 spiro atoms. The number of carbonyl (C=O) groups excluding carboxylic acids is 1. The molecule has 4 heterocycles. The van der Waals surface area contributed by atoms with E-state index in [9.17, 15) is 19.7 Å². The van der Waals surface area contributed by atoms with Crippen molar-refractivity contribution in [3.05, 3.63) is 65.6 Å². The molecule has 8 nitrogen and oxygen atoms in total. The number of thiophene rings is 1. The normalized spacial score (nSPS) is 18.8. The molecular weight excluding hydrogens is 582 g/mol. The lowest BCUT2D eigenvalue weighted by Crippen LogP contribution is -2.55. The van der Waals surface area contributed by atoms with Crippen LogP contribution in [0.5, 0.6) is 5.88 Å². The molecule has 0 radical (unpaired) electrons. The van der Waals surface area contributed by atoms with Gasteiger partial charge in [-0.15, -0.1) is 11.3 Å². The summed E-state index contributed by atoms with van der Waals surface area (Å²) in [5.41, 5.74) is 1.74. The van der Waals surface area contributed by atoms with Gasteiger partial charge in [-0.3, -0.25) is 4.79 Å². The number of anilines is 1. The number of pyridine rings is 1. The monoisotopic (exact) mass is 612 g/mol. The second-order valence-corrected chi connectivity index (χ2v) is 12.1. The summed E-state index contributed by atoms with van der Waals surface area (Å²) in [6.45, 7) is 4.80. The van der Waals surface area contributed by atoms with E-state index in [0.29, 0.717) is 16.6 Å². The maximum atomic E-state index is 16.6. The quantitative estimate of drug-likeness (QED) is 0.236. The van der Waals surface area contributed by atoms with Gasteiger partial charge >= 0.3 is 0 Å². The van der Waals surface area contributed by atoms with Gasteiger partial charge in [-0.05, 0) is 55.6 Å². The van der Waals surface area contributed by atoms with Gasteiger partial charge in [0.15, 0.2) is 11.6 Å². The van der Waals surface area contributed by atoms with Crippen LogP contribution in [0.15, 0.2) is 54.2 Å². The van der Waals surface area contributed by atoms with Gasteiger partial charge < -0.3 is 19.4 Å². The van der Waals surface area contributed by atoms with Crippen LogP contribution in [0.4, 0.5) is 14.5 Å². The summed E-state index contributed by atoms with van der Waals surface area (Å²) in [6, 6.07) is 15.0. The Kier molecular flexibility index (Phi) is 8.17. The van der Waals surface area contributed by atoms with Crippen LogP contribution in [0.2, 0.25) is 0 Å². The van der Waals surface area contributed by atoms with E-state index in [4.69, 9.17) is 4.74 Å². The first-order chi connectivity index (χ1) is 21.3. The van der Waals surface area contributed by atoms with Crippen molar-refractivity contribution >= 4 is 43.9 Å². The molecule has 4 aromatic rings. The molecule has 2 fully saturated rings. The number of aromatic nitrogens is 1. The number of amides is 1. The van der Waals surface area contributed by atoms with Crippen molar-refractivity contribution in [3.63, 3.8) is 0 Å². The number of nitrogens with zero attached hydrogens (tertiary/aromatic N) is 6. The highest BCUT2D eigenvalue weighted by Crippen LogP contribution is 2.41. The molecular formula is C33H30F2N6O2S. The van der Waals surface area contributed by atoms with E-state index < -0.39 is 23.6 Å². The van der Waals surface area contributed by atoms with Gasteiger partial charge in [0.05, 0.1) is 24.2 Å². The molecule has 2 atom stereocenters. The van der Waals surface area contributed by atoms with Crippen molar-refractivity contribution in [2.45, 2.75) is 31.3 Å². The molecule has 0 saturated carbocycles. The van der Waals surface area contributed by atoms with Gasteiger partial charge in [0, 0.05) is 46.7 Å². The van der Waals surface area contributed by atoms with Gasteiger partial charge in [-0.2, -0.15) is 10.5 Å². The molecule has 0 aliphatic carbocycles. The zero-order chi connectivity index (χ0) is 31.0. The van der Waals surface area contributed by atoms with Crippen LogP contribution in [-0.4, -0.2) is 72.6 Å². The van der Waals surface area contributed by atoms with E-state index in [2.05, 4.69) is 28.6 Å². The number of rotatable bonds is 7. The third-order valence-electron chi connectivity index (χ3n) is 8.64. The lowest BCUT2D eigenvalue weighted by molar-refractivity contribution is -0.131. The number of hydrogen-bond acceptors (Lipinski definition) is 8. The Balaban J connectivity index is 1.50. The first kappa shape index (κ1) is 29.5. The number of fused-ring (bicyclic) bond motifs is 2. The third kappa shape index (κ3) is 5.23. The number of ether oxygens (including phenoxy) is 1. The molecule has 0 unspecified atom stereocenters. The number of likely N-dealkylation sites (N-methyl/N-ethyl adjacent to an activating group) is 1. The van der Waals surface area contributed by atoms with E-state index >= 15 is 4.39 Å². The van der Waals surface area contributed by atoms with Crippen LogP contribution in [0.3, 0.4) is 0 Å². The average Bonchev–Trinajstić information content (AvgIpc) is 3.68. The Hall–Kier alpha value is -4.58. The van der Waals surface area contributed by atoms with Crippen LogP contribution >= 0.6 is 11.3 Å². The van der Waals surface area contributed by atoms with Crippen molar-refractivity contribution < 1.29 is 18.3 Å². The summed E-state index contributed by atoms with van der Waals surface area (Å²) in [4.78, 5) is 22.5. The molecule has 2 saturated heterocycles. The highest BCUT2D eigenvalue weighted by atomic mass is 32.1. The SMILES string of the molecule is C=C(F)C(=O)N1CCN(c2c(C#N)c(OC[C@@H]3CCCN3C)nc3c(F)c(-c4cccc5sccc45)ccc23)C[C@@H]1CC#N. The van der Waals surface area contributed by atoms with E-state index in [1.54, 1.807) is 23.5 Å². The Morgan fingerprint density at radius 2 is 1.98 bits per heavy atom. The topological polar surface area (TPSA) is 96.5 Å². The summed E-state index contributed by atoms with van der Waals surface area (Å²) in [5, 5.41) is 23.2. The van der Waals surface area contributed by atoms with Crippen molar-refractivity contribution in [1.29, 1.82) is 10.5 Å². The molecule has 44 heavy (non-hydrogen) atoms. The second-order valence-electron chi connectivity index (χ2n) is 11.2. The molecule has 224 valence electrons. The molecule has 2 aromatic carbocycles. The minimum atomic E-state index is -1.10. The molecule has 2 aromatic heterocycles. The zero-order valence-electron chi connectivity index (χ0n) is 24.2. The van der Waals surface area contributed by atoms with Crippen molar-refractivity contribution in [1.82, 2.24) is 14.8 Å². The number of nitriles is 2. The lowest BCUT2D eigenvalue weighted by atomic mass is 9.97. The summed E-state index contributed by atoms with van der Waals surface area (Å²) in [6.07, 6.45) is 1.92. The summed E-state index contributed by atoms with van der Waals surface area (Å²) >= 11 is 1.58. The third-order valence-corrected chi connectivity index (χ3v) is 9.52. The van der Waals surface area contributed by atoms with Crippen LogP contribution in [0, 0.1) is 28.5 Å². The maximum Gasteiger partial charge on any atom is 0.282 e. The van der Waals surface area contributed by atoms with Gasteiger partial charge in [-0.1, -0.05) is 24.8 Å². The number of likely N-dealkylation sites (tertiary alicyclic amines) is 1. The standard InChI is InChI=1S/C33H30F2N6O2S/c1-20(34)33(42)41-15-14-40(18-21(41)10-12-36)31-26-9-8-25(23-6-3-7-28-24(23)11-16-44-28)29(35)30(26)38-32(27(31)17-37)43-19-22-5-4-13-39(22)2/h3,6-9,11,16,21-22H,1,4-5,10,13-15,18-19H2,2H3/t21-,22-/m0/s1. The molecule has 0 bridgehead atoms. The number of hydrogen-bond donors (Lipinski definition) is 0. The van der Waals surface area contributed by atoms with E-state index in [-0.39, 0.29) is 55.7 Å². The summed E-state index contributed by atoms with van der Waals surface area (Å²) < 4.78 is 37.7.